The lowest BCUT2D eigenvalue weighted by Gasteiger charge is -2.23. The molecule has 6 aromatic rings. The maximum Gasteiger partial charge on any atom is 0.272 e. The van der Waals surface area contributed by atoms with Gasteiger partial charge in [-0.3, -0.25) is 56.2 Å². The van der Waals surface area contributed by atoms with Crippen molar-refractivity contribution in [3.05, 3.63) is 120 Å². The van der Waals surface area contributed by atoms with Gasteiger partial charge in [-0.2, -0.15) is 15.8 Å². The van der Waals surface area contributed by atoms with E-state index in [1.807, 2.05) is 54.6 Å². The molecular weight excluding hydrogens is 1020 g/mol. The van der Waals surface area contributed by atoms with Gasteiger partial charge < -0.3 is 0 Å². The molecule has 3 atom stereocenters. The van der Waals surface area contributed by atoms with Crippen LogP contribution in [-0.2, 0) is 35.9 Å². The van der Waals surface area contributed by atoms with Crippen LogP contribution in [-0.4, -0.2) is 80.9 Å². The van der Waals surface area contributed by atoms with Gasteiger partial charge in [0.25, 0.3) is 16.7 Å². The molecule has 0 aromatic carbocycles. The van der Waals surface area contributed by atoms with Crippen LogP contribution in [0.5, 0.6) is 0 Å². The third-order valence-corrected chi connectivity index (χ3v) is 16.1. The van der Waals surface area contributed by atoms with Crippen molar-refractivity contribution >= 4 is 35.3 Å². The Bertz CT molecular complexity index is 3040. The summed E-state index contributed by atoms with van der Waals surface area (Å²) in [6.45, 7) is 17.9. The number of halogens is 3. The Morgan fingerprint density at radius 1 is 0.480 bits per heavy atom. The van der Waals surface area contributed by atoms with Crippen molar-refractivity contribution in [2.75, 3.05) is 37.3 Å². The van der Waals surface area contributed by atoms with Gasteiger partial charge in [0.15, 0.2) is 15.5 Å². The number of hydrogen-bond acceptors (Lipinski definition) is 15. The Balaban J connectivity index is 0.000000164. The predicted octanol–water partition coefficient (Wildman–Crippen LogP) is 9.50. The molecule has 3 aliphatic heterocycles. The number of alkyl halides is 3. The summed E-state index contributed by atoms with van der Waals surface area (Å²) < 4.78 is 43.1. The fourth-order valence-corrected chi connectivity index (χ4v) is 11.2. The Morgan fingerprint density at radius 2 is 0.733 bits per heavy atom. The van der Waals surface area contributed by atoms with Gasteiger partial charge in [-0.05, 0) is 36.4 Å². The molecule has 390 valence electrons. The summed E-state index contributed by atoms with van der Waals surface area (Å²) in [6, 6.07) is 17.1. The lowest BCUT2D eigenvalue weighted by molar-refractivity contribution is 0.330. The molecule has 0 spiro atoms. The molecule has 75 heavy (non-hydrogen) atoms. The molecule has 6 aromatic heterocycles. The first kappa shape index (κ1) is 56.1. The highest BCUT2D eigenvalue weighted by Gasteiger charge is 2.29. The van der Waals surface area contributed by atoms with Gasteiger partial charge in [-0.15, -0.1) is 0 Å². The SMILES string of the molecule is CC(C)(C)c1ccc(-c2nc3n(c(=O)c2C#N)CC(CF)CS3)cn1.CC(C)(C)c1ccc(-c2nc3n(c(=O)c2C#N)C[C@@H](CF)CS3)cn1.CC(C)(C)c1ccc(-c2nc3n(c(=O)c2C#N)C[C@H](CF)CS3)cn1. The van der Waals surface area contributed by atoms with Crippen molar-refractivity contribution in [2.24, 2.45) is 17.8 Å². The van der Waals surface area contributed by atoms with Crippen molar-refractivity contribution in [1.82, 2.24) is 43.6 Å². The summed E-state index contributed by atoms with van der Waals surface area (Å²) in [4.78, 5) is 64.9. The van der Waals surface area contributed by atoms with Gasteiger partial charge in [0.1, 0.15) is 34.9 Å². The maximum absolute atomic E-state index is 12.9. The third-order valence-electron chi connectivity index (χ3n) is 12.5. The van der Waals surface area contributed by atoms with Crippen LogP contribution in [0.2, 0.25) is 0 Å². The second kappa shape index (κ2) is 23.1. The van der Waals surface area contributed by atoms with Gasteiger partial charge in [-0.1, -0.05) is 97.6 Å². The fraction of sp³-hybridized carbons (Fsp3) is 0.444. The number of nitrogens with zero attached hydrogens (tertiary/aromatic N) is 12. The van der Waals surface area contributed by atoms with Crippen LogP contribution in [0.1, 0.15) is 96.1 Å². The molecule has 0 aliphatic carbocycles. The highest BCUT2D eigenvalue weighted by molar-refractivity contribution is 7.99. The van der Waals surface area contributed by atoms with E-state index in [0.717, 1.165) is 17.1 Å². The topological polar surface area (TPSA) is 215 Å². The monoisotopic (exact) mass is 1070 g/mol. The number of rotatable bonds is 6. The first-order chi connectivity index (χ1) is 35.5. The summed E-state index contributed by atoms with van der Waals surface area (Å²) in [5.74, 6) is 1.08. The molecule has 0 fully saturated rings. The molecule has 15 nitrogen and oxygen atoms in total. The van der Waals surface area contributed by atoms with E-state index in [1.165, 1.54) is 49.0 Å². The van der Waals surface area contributed by atoms with E-state index < -0.39 is 36.7 Å². The Morgan fingerprint density at radius 3 is 0.920 bits per heavy atom. The average molecular weight is 1080 g/mol. The summed E-state index contributed by atoms with van der Waals surface area (Å²) >= 11 is 4.06. The summed E-state index contributed by atoms with van der Waals surface area (Å²) in [7, 11) is 0. The first-order valence-electron chi connectivity index (χ1n) is 24.2. The van der Waals surface area contributed by atoms with E-state index in [9.17, 15) is 43.3 Å². The van der Waals surface area contributed by atoms with E-state index in [-0.39, 0.29) is 70.3 Å². The maximum atomic E-state index is 12.9. The van der Waals surface area contributed by atoms with E-state index in [1.54, 1.807) is 18.6 Å². The highest BCUT2D eigenvalue weighted by Crippen LogP contribution is 2.33. The Labute approximate surface area is 446 Å². The molecule has 0 bridgehead atoms. The molecule has 0 radical (unpaired) electrons. The summed E-state index contributed by atoms with van der Waals surface area (Å²) in [6.07, 6.45) is 4.95. The zero-order chi connectivity index (χ0) is 54.6. The van der Waals surface area contributed by atoms with E-state index >= 15 is 0 Å². The van der Waals surface area contributed by atoms with Crippen molar-refractivity contribution in [3.63, 3.8) is 0 Å². The van der Waals surface area contributed by atoms with Crippen LogP contribution in [0.25, 0.3) is 33.8 Å². The van der Waals surface area contributed by atoms with Crippen molar-refractivity contribution in [1.29, 1.82) is 15.8 Å². The lowest BCUT2D eigenvalue weighted by Crippen LogP contribution is -2.33. The van der Waals surface area contributed by atoms with Gasteiger partial charge in [-0.25, -0.2) is 15.0 Å². The van der Waals surface area contributed by atoms with E-state index in [4.69, 9.17) is 0 Å². The number of hydrogen-bond donors (Lipinski definition) is 0. The van der Waals surface area contributed by atoms with E-state index in [2.05, 4.69) is 92.2 Å². The van der Waals surface area contributed by atoms with E-state index in [0.29, 0.717) is 66.5 Å². The van der Waals surface area contributed by atoms with Gasteiger partial charge in [0.2, 0.25) is 0 Å². The molecule has 9 rings (SSSR count). The number of aromatic nitrogens is 9. The van der Waals surface area contributed by atoms with Crippen LogP contribution in [0, 0.1) is 51.7 Å². The molecule has 21 heteroatoms. The summed E-state index contributed by atoms with van der Waals surface area (Å²) in [5, 5.41) is 30.0. The molecule has 0 amide bonds. The largest absolute Gasteiger partial charge is 0.286 e. The van der Waals surface area contributed by atoms with Gasteiger partial charge >= 0.3 is 0 Å². The number of nitriles is 3. The number of fused-ring (bicyclic) bond motifs is 3. The highest BCUT2D eigenvalue weighted by atomic mass is 32.2. The molecule has 9 heterocycles. The number of pyridine rings is 3. The normalized spacial score (nSPS) is 17.0. The fourth-order valence-electron chi connectivity index (χ4n) is 8.07. The third kappa shape index (κ3) is 12.4. The smallest absolute Gasteiger partial charge is 0.272 e. The molecule has 0 saturated heterocycles. The summed E-state index contributed by atoms with van der Waals surface area (Å²) in [5.41, 5.74) is 4.16. The quantitative estimate of drug-likeness (QED) is 0.142. The van der Waals surface area contributed by atoms with Gasteiger partial charge in [0, 0.05) is 123 Å². The minimum atomic E-state index is -0.485. The molecule has 1 unspecified atom stereocenters. The molecule has 0 saturated carbocycles. The Kier molecular flexibility index (Phi) is 17.3. The van der Waals surface area contributed by atoms with Crippen molar-refractivity contribution in [3.8, 4) is 52.0 Å². The van der Waals surface area contributed by atoms with Crippen LogP contribution in [0.15, 0.2) is 84.8 Å². The molecular formula is C54H57F3N12O3S3. The average Bonchev–Trinajstić information content (AvgIpc) is 3.40. The van der Waals surface area contributed by atoms with Gasteiger partial charge in [0.05, 0.1) is 37.1 Å². The minimum Gasteiger partial charge on any atom is -0.286 e. The lowest BCUT2D eigenvalue weighted by atomic mass is 9.91. The zero-order valence-electron chi connectivity index (χ0n) is 43.2. The van der Waals surface area contributed by atoms with Crippen LogP contribution < -0.4 is 16.7 Å². The van der Waals surface area contributed by atoms with Crippen LogP contribution in [0.3, 0.4) is 0 Å². The second-order valence-electron chi connectivity index (χ2n) is 21.5. The molecule has 0 N–H and O–H groups in total. The first-order valence-corrected chi connectivity index (χ1v) is 27.1. The zero-order valence-corrected chi connectivity index (χ0v) is 45.7. The second-order valence-corrected chi connectivity index (χ2v) is 24.4. The van der Waals surface area contributed by atoms with Crippen LogP contribution in [0.4, 0.5) is 13.2 Å². The van der Waals surface area contributed by atoms with Crippen LogP contribution >= 0.6 is 35.3 Å². The molecule has 3 aliphatic rings. The Hall–Kier alpha value is -6.60. The predicted molar refractivity (Wildman–Crippen MR) is 286 cm³/mol. The number of thioether (sulfide) groups is 3. The standard InChI is InChI=1S/3C18H19FN4OS/c3*1-18(2,3)14-5-4-12(8-21-14)15-13(7-20)16(24)23-9-11(6-19)10-25-17(23)22-15/h3*4-5,8,11H,6,9-10H2,1-3H3/t2*11-;/m10./s1. The minimum absolute atomic E-state index is 0.0193. The van der Waals surface area contributed by atoms with Crippen molar-refractivity contribution < 1.29 is 13.2 Å². The van der Waals surface area contributed by atoms with Crippen molar-refractivity contribution in [2.45, 2.75) is 114 Å².